The Hall–Kier alpha value is -2.48. The van der Waals surface area contributed by atoms with E-state index in [1.54, 1.807) is 17.7 Å². The second-order valence-electron chi connectivity index (χ2n) is 16.0. The van der Waals surface area contributed by atoms with Gasteiger partial charge in [0.1, 0.15) is 12.1 Å². The molecule has 6 aromatic rings. The molecule has 0 atom stereocenters. The van der Waals surface area contributed by atoms with Crippen LogP contribution in [0, 0.1) is 29.7 Å². The van der Waals surface area contributed by atoms with E-state index in [9.17, 15) is 9.90 Å². The van der Waals surface area contributed by atoms with Crippen molar-refractivity contribution in [3.63, 3.8) is 0 Å². The third kappa shape index (κ3) is 8.27. The van der Waals surface area contributed by atoms with Crippen molar-refractivity contribution in [3.05, 3.63) is 69.9 Å². The summed E-state index contributed by atoms with van der Waals surface area (Å²) in [6.45, 7) is 25.8. The molecular formula is C44H55IrN2O2S3-. The number of hydrogen-bond acceptors (Lipinski definition) is 7. The quantitative estimate of drug-likeness (QED) is 0.0844. The zero-order chi connectivity index (χ0) is 37.5. The van der Waals surface area contributed by atoms with E-state index in [1.165, 1.54) is 52.3 Å². The Kier molecular flexibility index (Phi) is 13.4. The van der Waals surface area contributed by atoms with Gasteiger partial charge in [0.05, 0.1) is 5.52 Å². The molecule has 6 rings (SSSR count). The third-order valence-corrected chi connectivity index (χ3v) is 14.5. The predicted molar refractivity (Wildman–Crippen MR) is 225 cm³/mol. The molecule has 0 saturated carbocycles. The smallest absolute Gasteiger partial charge is 0.164 e. The van der Waals surface area contributed by atoms with Crippen LogP contribution in [0.5, 0.6) is 0 Å². The van der Waals surface area contributed by atoms with Gasteiger partial charge in [-0.3, -0.25) is 9.78 Å². The average Bonchev–Trinajstić information content (AvgIpc) is 3.80. The van der Waals surface area contributed by atoms with Crippen LogP contribution < -0.4 is 0 Å². The number of aliphatic hydroxyl groups is 1. The summed E-state index contributed by atoms with van der Waals surface area (Å²) in [6, 6.07) is 12.9. The van der Waals surface area contributed by atoms with Crippen molar-refractivity contribution in [1.29, 1.82) is 0 Å². The van der Waals surface area contributed by atoms with Gasteiger partial charge in [0, 0.05) is 67.1 Å². The molecule has 0 aliphatic rings. The Balaban J connectivity index is 0.000000289. The van der Waals surface area contributed by atoms with Gasteiger partial charge in [0.2, 0.25) is 0 Å². The van der Waals surface area contributed by atoms with Crippen molar-refractivity contribution in [1.82, 2.24) is 9.97 Å². The molecule has 0 fully saturated rings. The summed E-state index contributed by atoms with van der Waals surface area (Å²) in [5.74, 6) is 0.951. The van der Waals surface area contributed by atoms with Crippen molar-refractivity contribution in [2.45, 2.75) is 121 Å². The number of allylic oxidation sites excluding steroid dienone is 2. The fraction of sp³-hybridized carbons (Fsp3) is 0.477. The van der Waals surface area contributed by atoms with Crippen LogP contribution in [0.3, 0.4) is 0 Å². The summed E-state index contributed by atoms with van der Waals surface area (Å²) in [6.07, 6.45) is 7.62. The molecule has 281 valence electrons. The van der Waals surface area contributed by atoms with Crippen LogP contribution in [0.25, 0.3) is 51.7 Å². The molecule has 2 aromatic carbocycles. The Morgan fingerprint density at radius 1 is 0.885 bits per heavy atom. The number of hydrogen-bond donors (Lipinski definition) is 1. The zero-order valence-corrected chi connectivity index (χ0v) is 37.8. The molecule has 0 amide bonds. The number of aliphatic hydroxyl groups excluding tert-OH is 1. The number of aromatic nitrogens is 2. The van der Waals surface area contributed by atoms with Crippen molar-refractivity contribution >= 4 is 80.3 Å². The topological polar surface area (TPSA) is 63.1 Å². The summed E-state index contributed by atoms with van der Waals surface area (Å²) >= 11 is 5.56. The van der Waals surface area contributed by atoms with E-state index < -0.39 is 0 Å². The monoisotopic (exact) mass is 932 g/mol. The minimum atomic E-state index is -0.337. The molecule has 4 aromatic heterocycles. The molecule has 52 heavy (non-hydrogen) atoms. The summed E-state index contributed by atoms with van der Waals surface area (Å²) in [5.41, 5.74) is 5.34. The molecule has 1 radical (unpaired) electrons. The molecule has 4 heterocycles. The fourth-order valence-corrected chi connectivity index (χ4v) is 10.3. The van der Waals surface area contributed by atoms with Gasteiger partial charge in [-0.25, -0.2) is 4.98 Å². The number of nitrogens with zero attached hydrogens (tertiary/aromatic N) is 2. The Bertz CT molecular complexity index is 2220. The van der Waals surface area contributed by atoms with E-state index in [-0.39, 0.29) is 47.9 Å². The van der Waals surface area contributed by atoms with E-state index >= 15 is 0 Å². The van der Waals surface area contributed by atoms with Gasteiger partial charge in [-0.05, 0) is 83.5 Å². The molecular weight excluding hydrogens is 877 g/mol. The van der Waals surface area contributed by atoms with Gasteiger partial charge in [-0.15, -0.1) is 46.3 Å². The number of thiophene rings is 3. The van der Waals surface area contributed by atoms with Crippen molar-refractivity contribution < 1.29 is 30.0 Å². The molecule has 0 aliphatic heterocycles. The molecule has 0 saturated heterocycles. The van der Waals surface area contributed by atoms with E-state index in [2.05, 4.69) is 77.3 Å². The molecule has 0 aliphatic carbocycles. The van der Waals surface area contributed by atoms with Gasteiger partial charge in [0.25, 0.3) is 0 Å². The van der Waals surface area contributed by atoms with Gasteiger partial charge in [0.15, 0.2) is 5.78 Å². The average molecular weight is 932 g/mol. The number of carbonyl (C=O) groups excluding carboxylic acids is 1. The van der Waals surface area contributed by atoms with Crippen molar-refractivity contribution in [2.24, 2.45) is 16.7 Å². The number of aryl methyl sites for hydroxylation is 1. The van der Waals surface area contributed by atoms with E-state index in [1.807, 2.05) is 64.2 Å². The first kappa shape index (κ1) is 42.3. The fourth-order valence-electron chi connectivity index (χ4n) is 6.47. The van der Waals surface area contributed by atoms with Gasteiger partial charge >= 0.3 is 0 Å². The minimum absolute atomic E-state index is 0. The largest absolute Gasteiger partial charge is 0.512 e. The van der Waals surface area contributed by atoms with E-state index in [4.69, 9.17) is 9.97 Å². The van der Waals surface area contributed by atoms with E-state index in [0.29, 0.717) is 5.92 Å². The molecule has 0 spiro atoms. The van der Waals surface area contributed by atoms with Crippen molar-refractivity contribution in [3.8, 4) is 11.3 Å². The molecule has 8 heteroatoms. The summed E-state index contributed by atoms with van der Waals surface area (Å²) in [7, 11) is 0. The summed E-state index contributed by atoms with van der Waals surface area (Å²) in [5, 5.41) is 16.1. The Morgan fingerprint density at radius 2 is 1.52 bits per heavy atom. The maximum absolute atomic E-state index is 12.2. The predicted octanol–water partition coefficient (Wildman–Crippen LogP) is 14.2. The molecule has 0 bridgehead atoms. The second-order valence-corrected chi connectivity index (χ2v) is 19.1. The molecule has 4 nitrogen and oxygen atoms in total. The maximum atomic E-state index is 12.2. The van der Waals surface area contributed by atoms with Gasteiger partial charge < -0.3 is 5.11 Å². The zero-order valence-electron chi connectivity index (χ0n) is 33.0. The Labute approximate surface area is 336 Å². The number of rotatable bonds is 10. The second kappa shape index (κ2) is 16.5. The van der Waals surface area contributed by atoms with Crippen LogP contribution in [0.4, 0.5) is 0 Å². The van der Waals surface area contributed by atoms with Crippen LogP contribution in [0.15, 0.2) is 47.8 Å². The van der Waals surface area contributed by atoms with E-state index in [0.717, 1.165) is 53.6 Å². The normalized spacial score (nSPS) is 12.9. The van der Waals surface area contributed by atoms with Crippen LogP contribution in [0.2, 0.25) is 0 Å². The standard InChI is InChI=1S/C29H27N2S3.C15H28O2.Ir/c1-15(2)9-22-16(3)19-12-20-24(13-23(19)33-22)34-28-25(30-14-31-26(20)28)18-10-17-7-8-32-27(17)21(11-18)29(4,5)6;1-7-14(5,8-2)12(16)11-13(17)15(6,9-3)10-4;/h7-8,11-15H,9H2,1-6H3;11,16H,7-10H2,1-6H3;/q-1;;/b;12-11-;. The van der Waals surface area contributed by atoms with Crippen LogP contribution >= 0.6 is 34.0 Å². The number of carbonyl (C=O) groups is 1. The number of benzene rings is 2. The van der Waals surface area contributed by atoms with Gasteiger partial charge in [-0.1, -0.05) is 87.3 Å². The summed E-state index contributed by atoms with van der Waals surface area (Å²) in [4.78, 5) is 23.2. The Morgan fingerprint density at radius 3 is 2.12 bits per heavy atom. The first-order chi connectivity index (χ1) is 24.0. The van der Waals surface area contributed by atoms with Gasteiger partial charge in [-0.2, -0.15) is 11.3 Å². The molecule has 1 N–H and O–H groups in total. The van der Waals surface area contributed by atoms with Crippen LogP contribution in [-0.4, -0.2) is 20.9 Å². The number of ketones is 1. The van der Waals surface area contributed by atoms with Crippen molar-refractivity contribution in [2.75, 3.05) is 0 Å². The maximum Gasteiger partial charge on any atom is 0.164 e. The molecule has 0 unspecified atom stereocenters. The minimum Gasteiger partial charge on any atom is -0.512 e. The third-order valence-electron chi connectivity index (χ3n) is 11.1. The van der Waals surface area contributed by atoms with Crippen LogP contribution in [0.1, 0.15) is 118 Å². The van der Waals surface area contributed by atoms with Crippen LogP contribution in [-0.2, 0) is 36.7 Å². The summed E-state index contributed by atoms with van der Waals surface area (Å²) < 4.78 is 5.14. The first-order valence-corrected chi connectivity index (χ1v) is 21.0. The SMILES string of the molecule is CCC(C)(CC)C(=O)/C=C(\O)C(C)(CC)CC.Cc1c(CC(C)C)sc2cc3sc4c(-c5[c-]c6ccsc6c(C(C)(C)C)c5)ncnc4c3cc12.[Ir]. The number of fused-ring (bicyclic) bond motifs is 5. The first-order valence-electron chi connectivity index (χ1n) is 18.5.